The quantitative estimate of drug-likeness (QED) is 0.425. The molecule has 0 rings (SSSR count). The van der Waals surface area contributed by atoms with Gasteiger partial charge in [0.1, 0.15) is 0 Å². The lowest BCUT2D eigenvalue weighted by atomic mass is 12.0. The molecule has 0 fully saturated rings. The second-order valence-electron chi connectivity index (χ2n) is 0. The van der Waals surface area contributed by atoms with Crippen molar-refractivity contribution >= 4 is 0 Å². The monoisotopic (exact) mass is 160 g/mol. The molecule has 0 heteroatoms. The smallest absolute Gasteiger partial charge is 0.0194 e. The van der Waals surface area contributed by atoms with Crippen LogP contribution in [0.4, 0.5) is 0 Å². The maximum absolute atomic E-state index is 5.88. The van der Waals surface area contributed by atoms with E-state index in [1.54, 1.807) is 0 Å². The van der Waals surface area contributed by atoms with Gasteiger partial charge >= 0.3 is 0 Å². The second kappa shape index (κ2) is 0. The van der Waals surface area contributed by atoms with Gasteiger partial charge in [-0.3, -0.25) is 0 Å². The van der Waals surface area contributed by atoms with Gasteiger partial charge in [-0.2, -0.15) is 0 Å². The first-order valence-electron chi connectivity index (χ1n) is 5.66. The third-order valence-electron chi connectivity index (χ3n) is 0. The number of hydrogen-bond acceptors (Lipinski definition) is 0. The van der Waals surface area contributed by atoms with Crippen LogP contribution in [-0.4, -0.2) is 0 Å². The molecule has 0 aliphatic carbocycles. The average molecular weight is 160 g/mol. The minimum Gasteiger partial charge on any atom is -0.0776 e. The molecular weight excluding hydrogens is 108 g/mol. The molecular formula is C9H36. The Balaban J connectivity index is -0.00000000653. The molecule has 0 aromatic carbocycles. The summed E-state index contributed by atoms with van der Waals surface area (Å²) in [7, 11) is -1.00. The van der Waals surface area contributed by atoms with E-state index in [0.717, 1.165) is 0 Å². The van der Waals surface area contributed by atoms with Gasteiger partial charge in [-0.25, -0.2) is 0 Å². The Morgan fingerprint density at radius 2 is 0.444 bits per heavy atom. The van der Waals surface area contributed by atoms with E-state index in [2.05, 4.69) is 0 Å². The maximum Gasteiger partial charge on any atom is 0.0194 e. The molecule has 0 aliphatic rings. The Labute approximate surface area is 78.9 Å². The predicted molar refractivity (Wildman–Crippen MR) is 60.6 cm³/mol. The summed E-state index contributed by atoms with van der Waals surface area (Å²) in [6.07, 6.45) is 0. The van der Waals surface area contributed by atoms with Gasteiger partial charge in [-0.15, -0.1) is 0 Å². The molecule has 0 saturated carbocycles. The molecule has 0 nitrogen and oxygen atoms in total. The summed E-state index contributed by atoms with van der Waals surface area (Å²) in [5.41, 5.74) is 0. The highest BCUT2D eigenvalue weighted by molar-refractivity contribution is 2.51. The Bertz CT molecular complexity index is 25.0. The molecule has 0 heterocycles. The summed E-state index contributed by atoms with van der Waals surface area (Å²) < 4.78 is 47.0. The summed E-state index contributed by atoms with van der Waals surface area (Å²) in [5.74, 6) is 0. The standard InChI is InChI=1S/9CH4/h9*1H4/i4*1T2;;;;;. The summed E-state index contributed by atoms with van der Waals surface area (Å²) in [4.78, 5) is 0. The highest BCUT2D eigenvalue weighted by atomic mass is 12.0. The van der Waals surface area contributed by atoms with Crippen LogP contribution >= 0.6 is 0 Å². The lowest BCUT2D eigenvalue weighted by molar-refractivity contribution is 2.50. The SMILES string of the molecule is C.C.C.C.C.[3H]C[3H].[3H]C[3H].[3H]C[3H].[3H]C[3H]. The zero-order valence-corrected chi connectivity index (χ0v) is 2.83. The molecule has 0 bridgehead atoms. The molecule has 0 aliphatic heterocycles. The summed E-state index contributed by atoms with van der Waals surface area (Å²) in [6, 6.07) is 0. The van der Waals surface area contributed by atoms with E-state index in [1.807, 2.05) is 0 Å². The van der Waals surface area contributed by atoms with Crippen molar-refractivity contribution in [2.24, 2.45) is 0 Å². The van der Waals surface area contributed by atoms with E-state index in [9.17, 15) is 0 Å². The van der Waals surface area contributed by atoms with Crippen molar-refractivity contribution in [3.8, 4) is 0 Å². The van der Waals surface area contributed by atoms with Gasteiger partial charge in [0.05, 0.1) is 0 Å². The third-order valence-corrected chi connectivity index (χ3v) is 0. The van der Waals surface area contributed by atoms with Crippen LogP contribution in [0.25, 0.3) is 0 Å². The summed E-state index contributed by atoms with van der Waals surface area (Å²) in [6.45, 7) is 0. The van der Waals surface area contributed by atoms with Crippen molar-refractivity contribution < 1.29 is 11.0 Å². The third kappa shape index (κ3) is 0. The molecule has 0 unspecified atom stereocenters. The van der Waals surface area contributed by atoms with E-state index < -0.39 is 0 Å². The van der Waals surface area contributed by atoms with Crippen LogP contribution < -0.4 is 0 Å². The first kappa shape index (κ1) is 9.00. The molecule has 0 amide bonds. The Morgan fingerprint density at radius 3 is 0.444 bits per heavy atom. The van der Waals surface area contributed by atoms with Gasteiger partial charge in [0.15, 0.2) is 0 Å². The van der Waals surface area contributed by atoms with Crippen molar-refractivity contribution in [3.63, 3.8) is 0 Å². The fraction of sp³-hybridized carbons (Fsp3) is 1.00. The second-order valence-corrected chi connectivity index (χ2v) is 0. The zero-order valence-electron chi connectivity index (χ0n) is 10.8. The highest BCUT2D eigenvalue weighted by Crippen LogP contribution is 0.152. The maximum atomic E-state index is 5.88. The number of rotatable bonds is 0. The van der Waals surface area contributed by atoms with Crippen molar-refractivity contribution in [1.29, 1.82) is 0 Å². The van der Waals surface area contributed by atoms with Crippen molar-refractivity contribution in [2.75, 3.05) is 0 Å². The van der Waals surface area contributed by atoms with Crippen LogP contribution in [-0.2, 0) is 0 Å². The van der Waals surface area contributed by atoms with Crippen LogP contribution in [0.15, 0.2) is 0 Å². The van der Waals surface area contributed by atoms with E-state index in [1.165, 1.54) is 0 Å². The molecule has 0 aromatic rings. The lowest BCUT2D eigenvalue weighted by Gasteiger charge is -0.0786. The minimum absolute atomic E-state index is 0. The molecule has 0 radical (unpaired) electrons. The van der Waals surface area contributed by atoms with Gasteiger partial charge in [0.25, 0.3) is 0 Å². The Morgan fingerprint density at radius 1 is 0.444 bits per heavy atom. The van der Waals surface area contributed by atoms with Gasteiger partial charge in [-0.05, 0) is 0 Å². The van der Waals surface area contributed by atoms with Crippen molar-refractivity contribution in [3.05, 3.63) is 0 Å². The molecule has 9 heavy (non-hydrogen) atoms. The Hall–Kier alpha value is 0. The van der Waals surface area contributed by atoms with Gasteiger partial charge in [0, 0.05) is 11.0 Å². The van der Waals surface area contributed by atoms with Gasteiger partial charge in [-0.1, -0.05) is 66.6 Å². The molecule has 0 aromatic heterocycles. The van der Waals surface area contributed by atoms with Crippen molar-refractivity contribution in [2.45, 2.75) is 66.6 Å². The fourth-order valence-corrected chi connectivity index (χ4v) is 0. The predicted octanol–water partition coefficient (Wildman–Crippen LogP) is 5.72. The van der Waals surface area contributed by atoms with Crippen LogP contribution in [0.2, 0.25) is 0 Å². The fourth-order valence-electron chi connectivity index (χ4n) is 0. The highest BCUT2D eigenvalue weighted by Gasteiger charge is -0.0696. The Kier molecular flexibility index (Phi) is 0. The first-order chi connectivity index (χ1) is 5.66. The normalized spacial score (nSPS) is 8.89. The van der Waals surface area contributed by atoms with Crippen LogP contribution in [0.3, 0.4) is 0 Å². The largest absolute Gasteiger partial charge is 0.0776 e. The van der Waals surface area contributed by atoms with Crippen LogP contribution in [0.1, 0.15) is 77.6 Å². The van der Waals surface area contributed by atoms with Crippen LogP contribution in [0.5, 0.6) is 0 Å². The van der Waals surface area contributed by atoms with Crippen LogP contribution in [0, 0.1) is 0 Å². The number of hydrogen-bond donors (Lipinski definition) is 0. The average Bonchev–Trinajstić information content (AvgIpc) is 1.92. The van der Waals surface area contributed by atoms with E-state index in [0.29, 0.717) is 0 Å². The van der Waals surface area contributed by atoms with Gasteiger partial charge in [0.2, 0.25) is 0 Å². The molecule has 0 atom stereocenters. The topological polar surface area (TPSA) is 0 Å². The van der Waals surface area contributed by atoms with E-state index >= 15 is 0 Å². The molecule has 0 N–H and O–H groups in total. The first-order valence-corrected chi connectivity index (χ1v) is 0. The van der Waals surface area contributed by atoms with E-state index in [4.69, 9.17) is 11.0 Å². The van der Waals surface area contributed by atoms with Crippen molar-refractivity contribution in [1.82, 2.24) is 0 Å². The molecule has 72 valence electrons. The van der Waals surface area contributed by atoms with Gasteiger partial charge < -0.3 is 0 Å². The summed E-state index contributed by atoms with van der Waals surface area (Å²) in [5, 5.41) is 0. The molecule has 0 spiro atoms. The van der Waals surface area contributed by atoms with E-state index in [-0.39, 0.29) is 66.6 Å². The minimum atomic E-state index is -0.250. The summed E-state index contributed by atoms with van der Waals surface area (Å²) >= 11 is 0. The lowest BCUT2D eigenvalue weighted by Crippen LogP contribution is 0.143. The zero-order chi connectivity index (χ0) is 10.8. The molecule has 0 saturated heterocycles.